The molecule has 1 aromatic heterocycles. The molecular formula is C18H21FN4O. The summed E-state index contributed by atoms with van der Waals surface area (Å²) < 4.78 is 14.6. The van der Waals surface area contributed by atoms with Crippen molar-refractivity contribution in [3.63, 3.8) is 0 Å². The van der Waals surface area contributed by atoms with Gasteiger partial charge in [-0.25, -0.2) is 9.07 Å². The van der Waals surface area contributed by atoms with E-state index in [2.05, 4.69) is 10.00 Å². The van der Waals surface area contributed by atoms with Crippen LogP contribution in [0.5, 0.6) is 0 Å². The zero-order chi connectivity index (χ0) is 16.5. The Hall–Kier alpha value is -2.21. The normalized spacial score (nSPS) is 21.5. The van der Waals surface area contributed by atoms with Crippen LogP contribution in [0, 0.1) is 5.82 Å². The Morgan fingerprint density at radius 1 is 1.08 bits per heavy atom. The zero-order valence-electron chi connectivity index (χ0n) is 13.6. The van der Waals surface area contributed by atoms with Gasteiger partial charge in [0.25, 0.3) is 5.91 Å². The van der Waals surface area contributed by atoms with Crippen molar-refractivity contribution in [2.75, 3.05) is 26.2 Å². The number of hydrogen-bond acceptors (Lipinski definition) is 3. The second-order valence-electron chi connectivity index (χ2n) is 6.56. The minimum absolute atomic E-state index is 0.0129. The van der Waals surface area contributed by atoms with Gasteiger partial charge >= 0.3 is 0 Å². The number of halogens is 1. The largest absolute Gasteiger partial charge is 0.334 e. The molecule has 126 valence electrons. The molecule has 0 N–H and O–H groups in total. The predicted molar refractivity (Wildman–Crippen MR) is 88.6 cm³/mol. The number of piperidine rings is 1. The monoisotopic (exact) mass is 328 g/mol. The number of fused-ring (bicyclic) bond motifs is 1. The Kier molecular flexibility index (Phi) is 4.06. The predicted octanol–water partition coefficient (Wildman–Crippen LogP) is 2.32. The maximum atomic E-state index is 13.0. The molecule has 2 aliphatic heterocycles. The number of carbonyl (C=O) groups is 1. The summed E-state index contributed by atoms with van der Waals surface area (Å²) in [5, 5.41) is 4.38. The van der Waals surface area contributed by atoms with E-state index >= 15 is 0 Å². The third-order valence-corrected chi connectivity index (χ3v) is 5.02. The summed E-state index contributed by atoms with van der Waals surface area (Å²) in [5.74, 6) is -0.298. The summed E-state index contributed by atoms with van der Waals surface area (Å²) in [5.41, 5.74) is 1.19. The van der Waals surface area contributed by atoms with E-state index in [-0.39, 0.29) is 11.7 Å². The standard InChI is InChI=1S/C18H21FN4O/c19-14-4-6-15(7-5-14)23-10-8-17(20-23)18(24)22-12-11-21-9-2-1-3-16(21)13-22/h4-8,10,16H,1-3,9,11-13H2/t16-/m0/s1. The third kappa shape index (κ3) is 2.94. The molecule has 0 aliphatic carbocycles. The number of piperazine rings is 1. The molecule has 4 rings (SSSR count). The Bertz CT molecular complexity index is 727. The number of nitrogens with zero attached hydrogens (tertiary/aromatic N) is 4. The first-order valence-corrected chi connectivity index (χ1v) is 8.56. The number of benzene rings is 1. The van der Waals surface area contributed by atoms with Crippen molar-refractivity contribution in [2.24, 2.45) is 0 Å². The van der Waals surface area contributed by atoms with Crippen LogP contribution in [0.1, 0.15) is 29.8 Å². The molecule has 2 aromatic rings. The first-order chi connectivity index (χ1) is 11.7. The molecule has 1 amide bonds. The van der Waals surface area contributed by atoms with Crippen LogP contribution in [-0.4, -0.2) is 57.7 Å². The topological polar surface area (TPSA) is 41.4 Å². The molecular weight excluding hydrogens is 307 g/mol. The Labute approximate surface area is 140 Å². The van der Waals surface area contributed by atoms with Crippen molar-refractivity contribution in [1.82, 2.24) is 19.6 Å². The van der Waals surface area contributed by atoms with Gasteiger partial charge in [-0.05, 0) is 49.7 Å². The molecule has 24 heavy (non-hydrogen) atoms. The Morgan fingerprint density at radius 3 is 2.75 bits per heavy atom. The fourth-order valence-electron chi connectivity index (χ4n) is 3.68. The smallest absolute Gasteiger partial charge is 0.274 e. The van der Waals surface area contributed by atoms with Crippen molar-refractivity contribution in [3.8, 4) is 5.69 Å². The average Bonchev–Trinajstić information content (AvgIpc) is 3.11. The van der Waals surface area contributed by atoms with Crippen molar-refractivity contribution in [3.05, 3.63) is 48.0 Å². The molecule has 0 radical (unpaired) electrons. The SMILES string of the molecule is O=C(c1ccn(-c2ccc(F)cc2)n1)N1CCN2CCCC[C@H]2C1. The van der Waals surface area contributed by atoms with Crippen molar-refractivity contribution < 1.29 is 9.18 Å². The van der Waals surface area contributed by atoms with E-state index < -0.39 is 0 Å². The number of hydrogen-bond donors (Lipinski definition) is 0. The van der Waals surface area contributed by atoms with E-state index in [0.717, 1.165) is 31.9 Å². The fourth-order valence-corrected chi connectivity index (χ4v) is 3.68. The van der Waals surface area contributed by atoms with E-state index in [1.807, 2.05) is 4.90 Å². The van der Waals surface area contributed by atoms with Gasteiger partial charge in [-0.3, -0.25) is 9.69 Å². The third-order valence-electron chi connectivity index (χ3n) is 5.02. The highest BCUT2D eigenvalue weighted by Gasteiger charge is 2.31. The van der Waals surface area contributed by atoms with Crippen LogP contribution in [-0.2, 0) is 0 Å². The van der Waals surface area contributed by atoms with Crippen LogP contribution in [0.4, 0.5) is 4.39 Å². The van der Waals surface area contributed by atoms with Gasteiger partial charge in [0.1, 0.15) is 5.82 Å². The van der Waals surface area contributed by atoms with Crippen LogP contribution in [0.3, 0.4) is 0 Å². The molecule has 0 unspecified atom stereocenters. The Balaban J connectivity index is 1.48. The number of amides is 1. The van der Waals surface area contributed by atoms with Crippen molar-refractivity contribution in [1.29, 1.82) is 0 Å². The summed E-state index contributed by atoms with van der Waals surface area (Å²) >= 11 is 0. The van der Waals surface area contributed by atoms with Crippen LogP contribution in [0.25, 0.3) is 5.69 Å². The second-order valence-corrected chi connectivity index (χ2v) is 6.56. The second kappa shape index (κ2) is 6.36. The van der Waals surface area contributed by atoms with Gasteiger partial charge in [-0.2, -0.15) is 5.10 Å². The molecule has 2 saturated heterocycles. The van der Waals surface area contributed by atoms with Gasteiger partial charge in [0.05, 0.1) is 5.69 Å². The van der Waals surface area contributed by atoms with Crippen LogP contribution in [0.2, 0.25) is 0 Å². The minimum atomic E-state index is -0.285. The molecule has 6 heteroatoms. The highest BCUT2D eigenvalue weighted by Crippen LogP contribution is 2.22. The molecule has 1 aromatic carbocycles. The summed E-state index contributed by atoms with van der Waals surface area (Å²) in [6.45, 7) is 3.67. The van der Waals surface area contributed by atoms with Crippen LogP contribution in [0.15, 0.2) is 36.5 Å². The van der Waals surface area contributed by atoms with Gasteiger partial charge in [-0.1, -0.05) is 6.42 Å². The molecule has 2 fully saturated rings. The van der Waals surface area contributed by atoms with E-state index in [9.17, 15) is 9.18 Å². The quantitative estimate of drug-likeness (QED) is 0.849. The highest BCUT2D eigenvalue weighted by molar-refractivity contribution is 5.92. The van der Waals surface area contributed by atoms with Crippen LogP contribution < -0.4 is 0 Å². The first kappa shape index (κ1) is 15.3. The average molecular weight is 328 g/mol. The lowest BCUT2D eigenvalue weighted by atomic mass is 9.99. The summed E-state index contributed by atoms with van der Waals surface area (Å²) in [6, 6.07) is 8.31. The summed E-state index contributed by atoms with van der Waals surface area (Å²) in [6.07, 6.45) is 5.44. The minimum Gasteiger partial charge on any atom is -0.334 e. The van der Waals surface area contributed by atoms with Gasteiger partial charge in [0, 0.05) is 31.9 Å². The lowest BCUT2D eigenvalue weighted by molar-refractivity contribution is 0.0368. The lowest BCUT2D eigenvalue weighted by Gasteiger charge is -2.43. The van der Waals surface area contributed by atoms with E-state index in [1.165, 1.54) is 31.4 Å². The lowest BCUT2D eigenvalue weighted by Crippen LogP contribution is -2.56. The number of aromatic nitrogens is 2. The first-order valence-electron chi connectivity index (χ1n) is 8.56. The van der Waals surface area contributed by atoms with Gasteiger partial charge in [-0.15, -0.1) is 0 Å². The van der Waals surface area contributed by atoms with E-state index in [4.69, 9.17) is 0 Å². The molecule has 0 saturated carbocycles. The molecule has 0 bridgehead atoms. The highest BCUT2D eigenvalue weighted by atomic mass is 19.1. The summed E-state index contributed by atoms with van der Waals surface area (Å²) in [4.78, 5) is 17.2. The van der Waals surface area contributed by atoms with E-state index in [1.54, 1.807) is 29.1 Å². The van der Waals surface area contributed by atoms with Crippen LogP contribution >= 0.6 is 0 Å². The summed E-state index contributed by atoms with van der Waals surface area (Å²) in [7, 11) is 0. The van der Waals surface area contributed by atoms with Crippen molar-refractivity contribution >= 4 is 5.91 Å². The van der Waals surface area contributed by atoms with E-state index in [0.29, 0.717) is 11.7 Å². The number of rotatable bonds is 2. The zero-order valence-corrected chi connectivity index (χ0v) is 13.6. The molecule has 2 aliphatic rings. The fraction of sp³-hybridized carbons (Fsp3) is 0.444. The maximum Gasteiger partial charge on any atom is 0.274 e. The maximum absolute atomic E-state index is 13.0. The van der Waals surface area contributed by atoms with Gasteiger partial charge in [0.15, 0.2) is 5.69 Å². The molecule has 5 nitrogen and oxygen atoms in total. The Morgan fingerprint density at radius 2 is 1.92 bits per heavy atom. The molecule has 0 spiro atoms. The van der Waals surface area contributed by atoms with Crippen molar-refractivity contribution in [2.45, 2.75) is 25.3 Å². The van der Waals surface area contributed by atoms with Gasteiger partial charge < -0.3 is 4.90 Å². The molecule has 3 heterocycles. The number of carbonyl (C=O) groups excluding carboxylic acids is 1. The van der Waals surface area contributed by atoms with Gasteiger partial charge in [0.2, 0.25) is 0 Å². The molecule has 1 atom stereocenters.